The van der Waals surface area contributed by atoms with E-state index >= 15 is 0 Å². The van der Waals surface area contributed by atoms with E-state index in [1.54, 1.807) is 7.11 Å². The minimum Gasteiger partial charge on any atom is -0.377 e. The lowest BCUT2D eigenvalue weighted by Gasteiger charge is -2.15. The molecule has 0 fully saturated rings. The Morgan fingerprint density at radius 3 is 2.57 bits per heavy atom. The van der Waals surface area contributed by atoms with Gasteiger partial charge in [-0.05, 0) is 24.5 Å². The quantitative estimate of drug-likeness (QED) is 0.675. The molecule has 0 amide bonds. The van der Waals surface area contributed by atoms with Crippen molar-refractivity contribution in [1.82, 2.24) is 0 Å². The fourth-order valence-electron chi connectivity index (χ4n) is 2.10. The summed E-state index contributed by atoms with van der Waals surface area (Å²) in [5, 5.41) is 0. The van der Waals surface area contributed by atoms with Crippen LogP contribution in [0.5, 0.6) is 0 Å². The van der Waals surface area contributed by atoms with Gasteiger partial charge in [0.2, 0.25) is 0 Å². The summed E-state index contributed by atoms with van der Waals surface area (Å²) in [6.07, 6.45) is 5.98. The molecule has 2 atom stereocenters. The maximum Gasteiger partial charge on any atom is 0.164 e. The van der Waals surface area contributed by atoms with Crippen molar-refractivity contribution in [3.63, 3.8) is 0 Å². The summed E-state index contributed by atoms with van der Waals surface area (Å²) in [6.45, 7) is 4.21. The molecule has 0 aromatic rings. The second kappa shape index (κ2) is 5.30. The maximum atomic E-state index is 11.9. The summed E-state index contributed by atoms with van der Waals surface area (Å²) in [4.78, 5) is 11.9. The van der Waals surface area contributed by atoms with Gasteiger partial charge in [0.15, 0.2) is 5.78 Å². The van der Waals surface area contributed by atoms with Crippen LogP contribution in [0.25, 0.3) is 0 Å². The van der Waals surface area contributed by atoms with Gasteiger partial charge in [-0.1, -0.05) is 26.7 Å². The number of ether oxygens (including phenoxy) is 1. The highest BCUT2D eigenvalue weighted by molar-refractivity contribution is 6.00. The summed E-state index contributed by atoms with van der Waals surface area (Å²) in [5.74, 6) is 0.409. The van der Waals surface area contributed by atoms with Crippen molar-refractivity contribution < 1.29 is 9.53 Å². The first-order valence-corrected chi connectivity index (χ1v) is 5.52. The van der Waals surface area contributed by atoms with Gasteiger partial charge in [0, 0.05) is 7.11 Å². The number of carbonyl (C=O) groups is 1. The first kappa shape index (κ1) is 11.4. The van der Waals surface area contributed by atoms with E-state index in [9.17, 15) is 4.79 Å². The van der Waals surface area contributed by atoms with Crippen molar-refractivity contribution >= 4 is 5.78 Å². The minimum absolute atomic E-state index is 0.0315. The Labute approximate surface area is 86.3 Å². The molecular weight excluding hydrogens is 176 g/mol. The Hall–Kier alpha value is -0.630. The van der Waals surface area contributed by atoms with E-state index in [1.165, 1.54) is 0 Å². The van der Waals surface area contributed by atoms with Crippen LogP contribution in [0.4, 0.5) is 0 Å². The second-order valence-electron chi connectivity index (χ2n) is 3.90. The van der Waals surface area contributed by atoms with Crippen LogP contribution in [0, 0.1) is 5.92 Å². The van der Waals surface area contributed by atoms with E-state index in [1.807, 2.05) is 6.08 Å². The Bertz CT molecular complexity index is 230. The van der Waals surface area contributed by atoms with Gasteiger partial charge in [0.25, 0.3) is 0 Å². The molecule has 1 aliphatic rings. The lowest BCUT2D eigenvalue weighted by Crippen LogP contribution is -2.22. The fourth-order valence-corrected chi connectivity index (χ4v) is 2.10. The monoisotopic (exact) mass is 196 g/mol. The highest BCUT2D eigenvalue weighted by Crippen LogP contribution is 2.29. The zero-order valence-corrected chi connectivity index (χ0v) is 9.38. The molecule has 0 aliphatic heterocycles. The van der Waals surface area contributed by atoms with E-state index in [2.05, 4.69) is 13.8 Å². The number of rotatable bonds is 5. The first-order valence-electron chi connectivity index (χ1n) is 5.52. The fraction of sp³-hybridized carbons (Fsp3) is 0.750. The normalized spacial score (nSPS) is 26.8. The molecule has 0 aromatic heterocycles. The van der Waals surface area contributed by atoms with Gasteiger partial charge in [-0.3, -0.25) is 4.79 Å². The third kappa shape index (κ3) is 2.24. The Morgan fingerprint density at radius 1 is 1.36 bits per heavy atom. The number of carbonyl (C=O) groups excluding carboxylic acids is 1. The summed E-state index contributed by atoms with van der Waals surface area (Å²) in [7, 11) is 1.69. The highest BCUT2D eigenvalue weighted by atomic mass is 16.5. The van der Waals surface area contributed by atoms with Crippen LogP contribution in [0.1, 0.15) is 39.5 Å². The lowest BCUT2D eigenvalue weighted by molar-refractivity contribution is -0.121. The highest BCUT2D eigenvalue weighted by Gasteiger charge is 2.34. The zero-order chi connectivity index (χ0) is 10.6. The standard InChI is InChI=1S/C12H20O2/c1-4-6-9-8-11(14-3)10(7-5-2)12(9)13/h8,10-11H,4-7H2,1-3H3. The van der Waals surface area contributed by atoms with Crippen LogP contribution < -0.4 is 0 Å². The largest absolute Gasteiger partial charge is 0.377 e. The Morgan fingerprint density at radius 2 is 2.07 bits per heavy atom. The SMILES string of the molecule is CCCC1=CC(OC)C(CCC)C1=O. The first-order chi connectivity index (χ1) is 6.74. The minimum atomic E-state index is 0.0315. The summed E-state index contributed by atoms with van der Waals surface area (Å²) >= 11 is 0. The van der Waals surface area contributed by atoms with E-state index in [4.69, 9.17) is 4.74 Å². The summed E-state index contributed by atoms with van der Waals surface area (Å²) in [5.41, 5.74) is 0.984. The van der Waals surface area contributed by atoms with Gasteiger partial charge in [-0.2, -0.15) is 0 Å². The summed E-state index contributed by atoms with van der Waals surface area (Å²) in [6, 6.07) is 0. The Kier molecular flexibility index (Phi) is 4.33. The van der Waals surface area contributed by atoms with Crippen molar-refractivity contribution in [3.05, 3.63) is 11.6 Å². The van der Waals surface area contributed by atoms with Crippen molar-refractivity contribution in [3.8, 4) is 0 Å². The van der Waals surface area contributed by atoms with Crippen LogP contribution >= 0.6 is 0 Å². The molecule has 0 saturated carbocycles. The van der Waals surface area contributed by atoms with E-state index < -0.39 is 0 Å². The number of hydrogen-bond donors (Lipinski definition) is 0. The van der Waals surface area contributed by atoms with E-state index in [0.717, 1.165) is 31.3 Å². The predicted molar refractivity (Wildman–Crippen MR) is 57.2 cm³/mol. The zero-order valence-electron chi connectivity index (χ0n) is 9.38. The molecule has 1 aliphatic carbocycles. The average Bonchev–Trinajstić information content (AvgIpc) is 2.47. The lowest BCUT2D eigenvalue weighted by atomic mass is 9.95. The molecule has 0 spiro atoms. The number of methoxy groups -OCH3 is 1. The van der Waals surface area contributed by atoms with Crippen molar-refractivity contribution in [2.24, 2.45) is 5.92 Å². The van der Waals surface area contributed by atoms with Crippen LogP contribution in [-0.4, -0.2) is 19.0 Å². The molecule has 0 aromatic carbocycles. The molecule has 0 radical (unpaired) electrons. The van der Waals surface area contributed by atoms with Gasteiger partial charge in [-0.15, -0.1) is 0 Å². The molecule has 14 heavy (non-hydrogen) atoms. The average molecular weight is 196 g/mol. The van der Waals surface area contributed by atoms with Gasteiger partial charge in [0.1, 0.15) is 0 Å². The Balaban J connectivity index is 2.69. The smallest absolute Gasteiger partial charge is 0.164 e. The predicted octanol–water partition coefficient (Wildman–Crippen LogP) is 2.73. The van der Waals surface area contributed by atoms with E-state index in [-0.39, 0.29) is 12.0 Å². The number of ketones is 1. The second-order valence-corrected chi connectivity index (χ2v) is 3.90. The molecule has 0 saturated heterocycles. The number of allylic oxidation sites excluding steroid dienone is 1. The van der Waals surface area contributed by atoms with Gasteiger partial charge >= 0.3 is 0 Å². The van der Waals surface area contributed by atoms with Crippen molar-refractivity contribution in [2.45, 2.75) is 45.6 Å². The summed E-state index contributed by atoms with van der Waals surface area (Å²) < 4.78 is 5.33. The molecule has 0 heterocycles. The van der Waals surface area contributed by atoms with Crippen LogP contribution in [-0.2, 0) is 9.53 Å². The molecular formula is C12H20O2. The molecule has 2 unspecified atom stereocenters. The number of Topliss-reactive ketones (excluding diaryl/α,β-unsaturated/α-hetero) is 1. The van der Waals surface area contributed by atoms with Crippen molar-refractivity contribution in [2.75, 3.05) is 7.11 Å². The molecule has 2 heteroatoms. The van der Waals surface area contributed by atoms with Crippen molar-refractivity contribution in [1.29, 1.82) is 0 Å². The third-order valence-corrected chi connectivity index (χ3v) is 2.81. The van der Waals surface area contributed by atoms with Gasteiger partial charge < -0.3 is 4.74 Å². The number of hydrogen-bond acceptors (Lipinski definition) is 2. The topological polar surface area (TPSA) is 26.3 Å². The van der Waals surface area contributed by atoms with Crippen LogP contribution in [0.3, 0.4) is 0 Å². The maximum absolute atomic E-state index is 11.9. The molecule has 0 bridgehead atoms. The van der Waals surface area contributed by atoms with Gasteiger partial charge in [0.05, 0.1) is 12.0 Å². The van der Waals surface area contributed by atoms with Crippen LogP contribution in [0.15, 0.2) is 11.6 Å². The molecule has 2 nitrogen and oxygen atoms in total. The molecule has 80 valence electrons. The van der Waals surface area contributed by atoms with E-state index in [0.29, 0.717) is 5.78 Å². The van der Waals surface area contributed by atoms with Crippen LogP contribution in [0.2, 0.25) is 0 Å². The third-order valence-electron chi connectivity index (χ3n) is 2.81. The molecule has 0 N–H and O–H groups in total. The molecule has 1 rings (SSSR count). The van der Waals surface area contributed by atoms with Gasteiger partial charge in [-0.25, -0.2) is 0 Å².